The monoisotopic (exact) mass is 547 g/mol. The third kappa shape index (κ3) is 6.41. The molecule has 190 valence electrons. The molecule has 0 bridgehead atoms. The SMILES string of the molecule is CN1CCc2nc(C(=O)Nc3cc(OCC(=O)N(C)C)ccc3CNC(=O)c3ccc(Cl)s3)sc2C1. The molecule has 9 nitrogen and oxygen atoms in total. The second-order valence-corrected chi connectivity index (χ2v) is 11.3. The zero-order valence-corrected chi connectivity index (χ0v) is 22.5. The zero-order chi connectivity index (χ0) is 25.8. The summed E-state index contributed by atoms with van der Waals surface area (Å²) in [6, 6.07) is 8.41. The van der Waals surface area contributed by atoms with Gasteiger partial charge in [0.2, 0.25) is 0 Å². The highest BCUT2D eigenvalue weighted by Gasteiger charge is 2.22. The molecule has 2 N–H and O–H groups in total. The van der Waals surface area contributed by atoms with E-state index in [1.54, 1.807) is 44.4 Å². The van der Waals surface area contributed by atoms with Crippen LogP contribution in [-0.4, -0.2) is 66.8 Å². The Bertz CT molecular complexity index is 1290. The van der Waals surface area contributed by atoms with E-state index in [1.807, 2.05) is 7.05 Å². The molecule has 1 aliphatic heterocycles. The molecule has 4 rings (SSSR count). The van der Waals surface area contributed by atoms with Crippen molar-refractivity contribution in [2.24, 2.45) is 0 Å². The molecule has 0 radical (unpaired) electrons. The van der Waals surface area contributed by atoms with Gasteiger partial charge in [-0.25, -0.2) is 4.98 Å². The highest BCUT2D eigenvalue weighted by Crippen LogP contribution is 2.28. The third-order valence-corrected chi connectivity index (χ3v) is 7.85. The number of carbonyl (C=O) groups is 3. The van der Waals surface area contributed by atoms with Crippen LogP contribution in [0.25, 0.3) is 0 Å². The van der Waals surface area contributed by atoms with Crippen molar-refractivity contribution < 1.29 is 19.1 Å². The van der Waals surface area contributed by atoms with Crippen LogP contribution in [0.4, 0.5) is 5.69 Å². The van der Waals surface area contributed by atoms with Gasteiger partial charge in [0.15, 0.2) is 11.6 Å². The first-order valence-corrected chi connectivity index (χ1v) is 13.2. The zero-order valence-electron chi connectivity index (χ0n) is 20.1. The predicted molar refractivity (Wildman–Crippen MR) is 141 cm³/mol. The maximum absolute atomic E-state index is 13.1. The second-order valence-electron chi connectivity index (χ2n) is 8.51. The van der Waals surface area contributed by atoms with Gasteiger partial charge in [0, 0.05) is 56.8 Å². The number of ether oxygens (including phenoxy) is 1. The van der Waals surface area contributed by atoms with Gasteiger partial charge in [-0.15, -0.1) is 22.7 Å². The molecule has 0 saturated carbocycles. The molecule has 1 aromatic carbocycles. The lowest BCUT2D eigenvalue weighted by molar-refractivity contribution is -0.130. The van der Waals surface area contributed by atoms with Crippen LogP contribution in [0.15, 0.2) is 30.3 Å². The standard InChI is InChI=1S/C24H26ClN5O4S2/c1-29(2)21(31)13-34-15-5-4-14(11-26-22(32)18-6-7-20(25)35-18)17(10-15)27-23(33)24-28-16-8-9-30(3)12-19(16)36-24/h4-7,10H,8-9,11-13H2,1-3H3,(H,26,32)(H,27,33). The molecule has 36 heavy (non-hydrogen) atoms. The summed E-state index contributed by atoms with van der Waals surface area (Å²) in [7, 11) is 5.34. The van der Waals surface area contributed by atoms with Gasteiger partial charge in [-0.3, -0.25) is 14.4 Å². The fourth-order valence-electron chi connectivity index (χ4n) is 3.49. The molecule has 2 aromatic heterocycles. The summed E-state index contributed by atoms with van der Waals surface area (Å²) in [6.45, 7) is 1.71. The first kappa shape index (κ1) is 26.1. The molecule has 1 aliphatic rings. The van der Waals surface area contributed by atoms with Gasteiger partial charge in [-0.1, -0.05) is 17.7 Å². The maximum Gasteiger partial charge on any atom is 0.284 e. The Balaban J connectivity index is 1.52. The van der Waals surface area contributed by atoms with Gasteiger partial charge in [-0.05, 0) is 30.8 Å². The Labute approximate surface area is 222 Å². The Hall–Kier alpha value is -2.99. The van der Waals surface area contributed by atoms with Crippen molar-refractivity contribution in [1.82, 2.24) is 20.1 Å². The number of anilines is 1. The molecule has 3 amide bonds. The van der Waals surface area contributed by atoms with Crippen molar-refractivity contribution in [1.29, 1.82) is 0 Å². The first-order chi connectivity index (χ1) is 17.2. The van der Waals surface area contributed by atoms with E-state index >= 15 is 0 Å². The molecule has 12 heteroatoms. The number of carbonyl (C=O) groups excluding carboxylic acids is 3. The summed E-state index contributed by atoms with van der Waals surface area (Å²) in [5, 5.41) is 6.15. The number of thiazole rings is 1. The summed E-state index contributed by atoms with van der Waals surface area (Å²) in [6.07, 6.45) is 0.808. The minimum Gasteiger partial charge on any atom is -0.484 e. The molecule has 0 fully saturated rings. The van der Waals surface area contributed by atoms with Crippen molar-refractivity contribution in [3.63, 3.8) is 0 Å². The molecule has 0 spiro atoms. The fraction of sp³-hybridized carbons (Fsp3) is 0.333. The highest BCUT2D eigenvalue weighted by atomic mass is 35.5. The van der Waals surface area contributed by atoms with Crippen LogP contribution >= 0.6 is 34.3 Å². The van der Waals surface area contributed by atoms with Crippen LogP contribution < -0.4 is 15.4 Å². The Morgan fingerprint density at radius 2 is 1.97 bits per heavy atom. The molecule has 0 saturated heterocycles. The Morgan fingerprint density at radius 3 is 2.69 bits per heavy atom. The highest BCUT2D eigenvalue weighted by molar-refractivity contribution is 7.18. The number of aromatic nitrogens is 1. The van der Waals surface area contributed by atoms with Gasteiger partial charge in [-0.2, -0.15) is 0 Å². The molecular weight excluding hydrogens is 522 g/mol. The van der Waals surface area contributed by atoms with E-state index in [0.29, 0.717) is 31.2 Å². The number of hydrogen-bond acceptors (Lipinski definition) is 8. The predicted octanol–water partition coefficient (Wildman–Crippen LogP) is 3.50. The van der Waals surface area contributed by atoms with E-state index in [9.17, 15) is 14.4 Å². The number of amides is 3. The number of likely N-dealkylation sites (N-methyl/N-ethyl adjacent to an activating group) is 2. The van der Waals surface area contributed by atoms with Crippen molar-refractivity contribution in [3.8, 4) is 5.75 Å². The minimum absolute atomic E-state index is 0.137. The van der Waals surface area contributed by atoms with Gasteiger partial charge < -0.3 is 25.2 Å². The van der Waals surface area contributed by atoms with E-state index in [4.69, 9.17) is 16.3 Å². The number of thiophene rings is 1. The Kier molecular flexibility index (Phi) is 8.24. The van der Waals surface area contributed by atoms with Crippen LogP contribution in [0.3, 0.4) is 0 Å². The largest absolute Gasteiger partial charge is 0.484 e. The van der Waals surface area contributed by atoms with Crippen LogP contribution in [0.5, 0.6) is 5.75 Å². The molecule has 0 aliphatic carbocycles. The van der Waals surface area contributed by atoms with E-state index in [2.05, 4.69) is 20.5 Å². The minimum atomic E-state index is -0.337. The van der Waals surface area contributed by atoms with Crippen LogP contribution in [0.1, 0.15) is 35.6 Å². The van der Waals surface area contributed by atoms with Crippen molar-refractivity contribution >= 4 is 57.7 Å². The molecule has 0 unspecified atom stereocenters. The third-order valence-electron chi connectivity index (χ3n) is 5.54. The van der Waals surface area contributed by atoms with E-state index in [-0.39, 0.29) is 30.9 Å². The number of fused-ring (bicyclic) bond motifs is 1. The van der Waals surface area contributed by atoms with Crippen LogP contribution in [0, 0.1) is 0 Å². The average molecular weight is 548 g/mol. The summed E-state index contributed by atoms with van der Waals surface area (Å²) in [5.41, 5.74) is 2.10. The van der Waals surface area contributed by atoms with Gasteiger partial charge in [0.1, 0.15) is 5.75 Å². The lowest BCUT2D eigenvalue weighted by atomic mass is 10.1. The Morgan fingerprint density at radius 1 is 1.17 bits per heavy atom. The second kappa shape index (κ2) is 11.4. The summed E-state index contributed by atoms with van der Waals surface area (Å²) >= 11 is 8.51. The number of nitrogens with zero attached hydrogens (tertiary/aromatic N) is 3. The van der Waals surface area contributed by atoms with Crippen molar-refractivity contribution in [2.45, 2.75) is 19.5 Å². The fourth-order valence-corrected chi connectivity index (χ4v) is 5.53. The van der Waals surface area contributed by atoms with Gasteiger partial charge in [0.05, 0.1) is 14.9 Å². The lowest BCUT2D eigenvalue weighted by Gasteiger charge is -2.20. The maximum atomic E-state index is 13.1. The molecular formula is C24H26ClN5O4S2. The lowest BCUT2D eigenvalue weighted by Crippen LogP contribution is -2.27. The normalized spacial score (nSPS) is 13.1. The summed E-state index contributed by atoms with van der Waals surface area (Å²) in [4.78, 5) is 47.3. The summed E-state index contributed by atoms with van der Waals surface area (Å²) in [5.74, 6) is -0.375. The van der Waals surface area contributed by atoms with E-state index in [1.165, 1.54) is 27.6 Å². The first-order valence-electron chi connectivity index (χ1n) is 11.2. The van der Waals surface area contributed by atoms with Crippen LogP contribution in [-0.2, 0) is 24.3 Å². The van der Waals surface area contributed by atoms with E-state index in [0.717, 1.165) is 30.1 Å². The quantitative estimate of drug-likeness (QED) is 0.447. The number of rotatable bonds is 8. The topological polar surface area (TPSA) is 104 Å². The van der Waals surface area contributed by atoms with Crippen molar-refractivity contribution in [3.05, 3.63) is 60.7 Å². The van der Waals surface area contributed by atoms with E-state index < -0.39 is 0 Å². The number of halogens is 1. The molecule has 3 aromatic rings. The van der Waals surface area contributed by atoms with Gasteiger partial charge in [0.25, 0.3) is 17.7 Å². The number of benzene rings is 1. The van der Waals surface area contributed by atoms with Crippen molar-refractivity contribution in [2.75, 3.05) is 39.6 Å². The molecule has 0 atom stereocenters. The average Bonchev–Trinajstić information content (AvgIpc) is 3.47. The van der Waals surface area contributed by atoms with Gasteiger partial charge >= 0.3 is 0 Å². The molecule has 3 heterocycles. The summed E-state index contributed by atoms with van der Waals surface area (Å²) < 4.78 is 6.15. The smallest absolute Gasteiger partial charge is 0.284 e. The number of nitrogens with one attached hydrogen (secondary N) is 2. The van der Waals surface area contributed by atoms with Crippen LogP contribution in [0.2, 0.25) is 4.34 Å². The number of hydrogen-bond donors (Lipinski definition) is 2.